The Balaban J connectivity index is 2.50. The first-order valence-corrected chi connectivity index (χ1v) is 10.6. The van der Waals surface area contributed by atoms with Gasteiger partial charge in [-0.25, -0.2) is 0 Å². The zero-order valence-corrected chi connectivity index (χ0v) is 14.1. The number of hydrogen-bond acceptors (Lipinski definition) is 2. The van der Waals surface area contributed by atoms with Crippen molar-refractivity contribution in [2.45, 2.75) is 0 Å². The molecular formula is C12H8Br2O2Te. The minimum absolute atomic E-state index is 0.401. The third kappa shape index (κ3) is 2.97. The van der Waals surface area contributed by atoms with Crippen LogP contribution in [0.3, 0.4) is 0 Å². The summed E-state index contributed by atoms with van der Waals surface area (Å²) >= 11 is 1.96. The zero-order chi connectivity index (χ0) is 12.5. The van der Waals surface area contributed by atoms with Crippen molar-refractivity contribution in [2.24, 2.45) is 0 Å². The second-order valence-corrected chi connectivity index (χ2v) is 10.8. The van der Waals surface area contributed by atoms with E-state index in [0.29, 0.717) is 7.22 Å². The predicted molar refractivity (Wildman–Crippen MR) is 74.7 cm³/mol. The molecule has 0 atom stereocenters. The molecule has 0 N–H and O–H groups in total. The van der Waals surface area contributed by atoms with Gasteiger partial charge in [0.15, 0.2) is 0 Å². The molecule has 17 heavy (non-hydrogen) atoms. The van der Waals surface area contributed by atoms with Crippen LogP contribution in [0.25, 0.3) is 0 Å². The molecule has 0 aliphatic heterocycles. The molecule has 2 aromatic carbocycles. The first-order valence-electron chi connectivity index (χ1n) is 4.76. The van der Waals surface area contributed by atoms with E-state index in [1.165, 1.54) is 0 Å². The number of hydrogen-bond donors (Lipinski definition) is 0. The van der Waals surface area contributed by atoms with Gasteiger partial charge in [-0.05, 0) is 0 Å². The standard InChI is InChI=1S/C12H8Br2O2Te/c13-9-1-5-11(6-2-9)17(15,16)12-7-3-10(14)4-8-12/h1-8H. The van der Waals surface area contributed by atoms with Gasteiger partial charge < -0.3 is 0 Å². The van der Waals surface area contributed by atoms with Crippen molar-refractivity contribution < 1.29 is 6.21 Å². The van der Waals surface area contributed by atoms with Gasteiger partial charge in [0.05, 0.1) is 0 Å². The van der Waals surface area contributed by atoms with E-state index in [9.17, 15) is 6.21 Å². The van der Waals surface area contributed by atoms with Crippen LogP contribution < -0.4 is 7.22 Å². The van der Waals surface area contributed by atoms with Gasteiger partial charge in [0.25, 0.3) is 0 Å². The summed E-state index contributed by atoms with van der Waals surface area (Å²) < 4.78 is 27.2. The Bertz CT molecular complexity index is 565. The van der Waals surface area contributed by atoms with Crippen molar-refractivity contribution in [1.29, 1.82) is 0 Å². The van der Waals surface area contributed by atoms with E-state index in [4.69, 9.17) is 0 Å². The van der Waals surface area contributed by atoms with Crippen molar-refractivity contribution in [1.82, 2.24) is 0 Å². The van der Waals surface area contributed by atoms with E-state index in [0.717, 1.165) is 8.95 Å². The molecule has 0 fully saturated rings. The molecule has 5 heteroatoms. The number of benzene rings is 2. The average Bonchev–Trinajstić information content (AvgIpc) is 2.30. The molecule has 0 aromatic heterocycles. The zero-order valence-electron chi connectivity index (χ0n) is 8.60. The van der Waals surface area contributed by atoms with Crippen LogP contribution in [-0.2, 0) is 6.21 Å². The second-order valence-electron chi connectivity index (χ2n) is 3.41. The predicted octanol–water partition coefficient (Wildman–Crippen LogP) is 2.63. The summed E-state index contributed by atoms with van der Waals surface area (Å²) in [4.78, 5) is 0. The molecule has 88 valence electrons. The van der Waals surface area contributed by atoms with E-state index in [-0.39, 0.29) is 0 Å². The van der Waals surface area contributed by atoms with E-state index >= 15 is 0 Å². The molecule has 0 radical (unpaired) electrons. The summed E-state index contributed by atoms with van der Waals surface area (Å²) in [5.74, 6) is 0. The quantitative estimate of drug-likeness (QED) is 0.631. The molecule has 0 amide bonds. The first-order chi connectivity index (χ1) is 8.00. The first kappa shape index (κ1) is 13.2. The van der Waals surface area contributed by atoms with Crippen molar-refractivity contribution >= 4 is 57.2 Å². The Kier molecular flexibility index (Phi) is 4.04. The van der Waals surface area contributed by atoms with Gasteiger partial charge in [-0.1, -0.05) is 0 Å². The van der Waals surface area contributed by atoms with Crippen LogP contribution in [0.15, 0.2) is 57.5 Å². The summed E-state index contributed by atoms with van der Waals surface area (Å²) in [5.41, 5.74) is 0. The van der Waals surface area contributed by atoms with Crippen LogP contribution in [0.1, 0.15) is 0 Å². The molecule has 0 heterocycles. The van der Waals surface area contributed by atoms with Crippen LogP contribution in [0.2, 0.25) is 0 Å². The van der Waals surface area contributed by atoms with Gasteiger partial charge in [0, 0.05) is 0 Å². The van der Waals surface area contributed by atoms with Gasteiger partial charge in [-0.2, -0.15) is 0 Å². The summed E-state index contributed by atoms with van der Waals surface area (Å²) in [7, 11) is 0. The fourth-order valence-electron chi connectivity index (χ4n) is 1.36. The van der Waals surface area contributed by atoms with Gasteiger partial charge in [-0.3, -0.25) is 0 Å². The molecule has 0 aliphatic carbocycles. The molecule has 0 unspecified atom stereocenters. The molecule has 0 spiro atoms. The maximum atomic E-state index is 12.3. The van der Waals surface area contributed by atoms with Crippen LogP contribution in [0, 0.1) is 0 Å². The van der Waals surface area contributed by atoms with Crippen molar-refractivity contribution in [3.05, 3.63) is 57.5 Å². The monoisotopic (exact) mass is 472 g/mol. The van der Waals surface area contributed by atoms with Gasteiger partial charge in [-0.15, -0.1) is 0 Å². The normalized spacial score (nSPS) is 11.4. The van der Waals surface area contributed by atoms with E-state index < -0.39 is 18.1 Å². The van der Waals surface area contributed by atoms with Crippen molar-refractivity contribution in [2.75, 3.05) is 0 Å². The minimum atomic E-state index is -4.62. The van der Waals surface area contributed by atoms with Crippen molar-refractivity contribution in [3.63, 3.8) is 0 Å². The summed E-state index contributed by atoms with van der Waals surface area (Å²) in [6.07, 6.45) is 0. The molecule has 2 rings (SSSR count). The number of rotatable bonds is 2. The Morgan fingerprint density at radius 3 is 1.24 bits per heavy atom. The molecule has 2 aromatic rings. The van der Waals surface area contributed by atoms with E-state index in [1.54, 1.807) is 48.5 Å². The van der Waals surface area contributed by atoms with Crippen LogP contribution >= 0.6 is 31.9 Å². The van der Waals surface area contributed by atoms with Crippen LogP contribution in [0.5, 0.6) is 0 Å². The van der Waals surface area contributed by atoms with Crippen molar-refractivity contribution in [3.8, 4) is 0 Å². The Labute approximate surface area is 120 Å². The fraction of sp³-hybridized carbons (Fsp3) is 0. The third-order valence-corrected chi connectivity index (χ3v) is 8.40. The molecule has 0 aliphatic rings. The van der Waals surface area contributed by atoms with Crippen LogP contribution in [0.4, 0.5) is 0 Å². The Hall–Kier alpha value is -0.210. The number of halogens is 2. The fourth-order valence-corrected chi connectivity index (χ4v) is 5.49. The molecule has 0 bridgehead atoms. The second kappa shape index (κ2) is 5.19. The molecule has 0 saturated heterocycles. The topological polar surface area (TPSA) is 34.1 Å². The molecule has 0 saturated carbocycles. The summed E-state index contributed by atoms with van der Waals surface area (Å²) in [5, 5.41) is 0. The third-order valence-electron chi connectivity index (χ3n) is 2.25. The van der Waals surface area contributed by atoms with Gasteiger partial charge >= 0.3 is 121 Å². The summed E-state index contributed by atoms with van der Waals surface area (Å²) in [6, 6.07) is 13.5. The molecular weight excluding hydrogens is 464 g/mol. The van der Waals surface area contributed by atoms with Gasteiger partial charge in [0.2, 0.25) is 0 Å². The summed E-state index contributed by atoms with van der Waals surface area (Å²) in [6.45, 7) is 0. The van der Waals surface area contributed by atoms with Crippen LogP contribution in [-0.4, -0.2) is 18.1 Å². The Morgan fingerprint density at radius 2 is 0.941 bits per heavy atom. The van der Waals surface area contributed by atoms with E-state index in [2.05, 4.69) is 31.9 Å². The maximum absolute atomic E-state index is 12.3. The molecule has 2 nitrogen and oxygen atoms in total. The van der Waals surface area contributed by atoms with Gasteiger partial charge in [0.1, 0.15) is 0 Å². The average molecular weight is 472 g/mol. The van der Waals surface area contributed by atoms with E-state index in [1.807, 2.05) is 0 Å². The SMILES string of the molecule is O=[Te](=O)(c1ccc(Br)cc1)c1ccc(Br)cc1. The Morgan fingerprint density at radius 1 is 0.647 bits per heavy atom.